The molecule has 1 spiro atoms. The summed E-state index contributed by atoms with van der Waals surface area (Å²) in [5.41, 5.74) is 0.331. The van der Waals surface area contributed by atoms with Crippen molar-refractivity contribution in [1.29, 1.82) is 0 Å². The summed E-state index contributed by atoms with van der Waals surface area (Å²) < 4.78 is 23.0. The van der Waals surface area contributed by atoms with Crippen LogP contribution in [0.2, 0.25) is 10.0 Å². The first kappa shape index (κ1) is 29.7. The molecule has 0 radical (unpaired) electrons. The van der Waals surface area contributed by atoms with E-state index in [0.717, 1.165) is 0 Å². The zero-order valence-electron chi connectivity index (χ0n) is 23.1. The van der Waals surface area contributed by atoms with E-state index in [-0.39, 0.29) is 40.2 Å². The second-order valence-corrected chi connectivity index (χ2v) is 12.7. The molecule has 2 fully saturated rings. The second kappa shape index (κ2) is 11.6. The van der Waals surface area contributed by atoms with Crippen LogP contribution in [0.25, 0.3) is 0 Å². The molecule has 8 nitrogen and oxygen atoms in total. The first-order valence-electron chi connectivity index (χ1n) is 13.9. The van der Waals surface area contributed by atoms with Crippen molar-refractivity contribution < 1.29 is 23.5 Å². The van der Waals surface area contributed by atoms with Gasteiger partial charge in [-0.15, -0.1) is 0 Å². The van der Waals surface area contributed by atoms with Gasteiger partial charge in [0.1, 0.15) is 23.1 Å². The lowest BCUT2D eigenvalue weighted by molar-refractivity contribution is -0.131. The normalized spacial score (nSPS) is 23.5. The Hall–Kier alpha value is -3.34. The van der Waals surface area contributed by atoms with Crippen LogP contribution in [0, 0.1) is 5.82 Å². The highest BCUT2D eigenvalue weighted by Gasteiger charge is 2.62. The number of urea groups is 1. The molecule has 43 heavy (non-hydrogen) atoms. The summed E-state index contributed by atoms with van der Waals surface area (Å²) in [6, 6.07) is 14.0. The van der Waals surface area contributed by atoms with E-state index in [0.29, 0.717) is 52.8 Å². The van der Waals surface area contributed by atoms with Gasteiger partial charge in [0, 0.05) is 61.1 Å². The van der Waals surface area contributed by atoms with Gasteiger partial charge in [-0.1, -0.05) is 41.4 Å². The SMILES string of the molecule is CNC(=O)N1CCC(Oc2ccc(Br)c(F)c2[C@@H]2NC(=O)C[C@@H](c3cccc(Cl)c3)[C@]23C(=O)Nc2cc(Cl)ccc23)CC1. The predicted molar refractivity (Wildman–Crippen MR) is 165 cm³/mol. The lowest BCUT2D eigenvalue weighted by Crippen LogP contribution is -2.57. The molecular weight excluding hydrogens is 662 g/mol. The third-order valence-corrected chi connectivity index (χ3v) is 9.70. The van der Waals surface area contributed by atoms with Gasteiger partial charge in [0.05, 0.1) is 16.1 Å². The Morgan fingerprint density at radius 1 is 1.09 bits per heavy atom. The molecule has 3 aromatic carbocycles. The van der Waals surface area contributed by atoms with Crippen molar-refractivity contribution in [2.24, 2.45) is 0 Å². The Morgan fingerprint density at radius 2 is 1.84 bits per heavy atom. The molecule has 0 saturated carbocycles. The summed E-state index contributed by atoms with van der Waals surface area (Å²) in [4.78, 5) is 41.6. The monoisotopic (exact) mass is 688 g/mol. The summed E-state index contributed by atoms with van der Waals surface area (Å²) in [7, 11) is 1.58. The molecule has 3 aliphatic rings. The third kappa shape index (κ3) is 5.13. The number of fused-ring (bicyclic) bond motifs is 2. The molecule has 3 aromatic rings. The lowest BCUT2D eigenvalue weighted by atomic mass is 9.59. The summed E-state index contributed by atoms with van der Waals surface area (Å²) in [5, 5.41) is 9.43. The number of hydrogen-bond acceptors (Lipinski definition) is 4. The molecule has 12 heteroatoms. The standard InChI is InChI=1S/C31H28BrCl2FN4O4/c1-36-30(42)39-11-9-19(10-12-39)43-24-8-7-22(32)27(35)26(24)28-31(20-6-5-18(34)14-23(20)37-29(31)41)21(15-25(40)38-28)16-3-2-4-17(33)13-16/h2-8,13-14,19,21,28H,9-12,15H2,1H3,(H,36,42)(H,37,41)(H,38,40)/t21-,28-,31-/m0/s1. The van der Waals surface area contributed by atoms with Gasteiger partial charge in [0.15, 0.2) is 0 Å². The van der Waals surface area contributed by atoms with E-state index in [1.54, 1.807) is 60.5 Å². The van der Waals surface area contributed by atoms with Crippen LogP contribution in [-0.4, -0.2) is 49.0 Å². The van der Waals surface area contributed by atoms with Crippen LogP contribution in [0.15, 0.2) is 59.1 Å². The van der Waals surface area contributed by atoms with E-state index in [4.69, 9.17) is 27.9 Å². The van der Waals surface area contributed by atoms with Gasteiger partial charge < -0.3 is 25.6 Å². The predicted octanol–water partition coefficient (Wildman–Crippen LogP) is 6.31. The number of carbonyl (C=O) groups excluding carboxylic acids is 3. The largest absolute Gasteiger partial charge is 0.490 e. The number of amides is 4. The maximum Gasteiger partial charge on any atom is 0.317 e. The van der Waals surface area contributed by atoms with E-state index in [2.05, 4.69) is 31.9 Å². The zero-order valence-corrected chi connectivity index (χ0v) is 26.2. The molecular formula is C31H28BrCl2FN4O4. The summed E-state index contributed by atoms with van der Waals surface area (Å²) in [6.07, 6.45) is 0.706. The van der Waals surface area contributed by atoms with Crippen molar-refractivity contribution in [3.63, 3.8) is 0 Å². The average molecular weight is 690 g/mol. The minimum absolute atomic E-state index is 0.0317. The fraction of sp³-hybridized carbons (Fsp3) is 0.323. The second-order valence-electron chi connectivity index (χ2n) is 11.0. The Morgan fingerprint density at radius 3 is 2.56 bits per heavy atom. The van der Waals surface area contributed by atoms with Gasteiger partial charge in [-0.05, 0) is 63.5 Å². The summed E-state index contributed by atoms with van der Waals surface area (Å²) >= 11 is 16.0. The molecule has 0 aromatic heterocycles. The Balaban J connectivity index is 1.51. The van der Waals surface area contributed by atoms with Gasteiger partial charge in [0.25, 0.3) is 0 Å². The van der Waals surface area contributed by atoms with E-state index in [1.165, 1.54) is 0 Å². The minimum atomic E-state index is -1.47. The number of nitrogens with one attached hydrogen (secondary N) is 3. The highest BCUT2D eigenvalue weighted by atomic mass is 79.9. The van der Waals surface area contributed by atoms with Crippen LogP contribution in [-0.2, 0) is 15.0 Å². The number of nitrogens with zero attached hydrogens (tertiary/aromatic N) is 1. The first-order valence-corrected chi connectivity index (χ1v) is 15.5. The molecule has 6 rings (SSSR count). The zero-order chi connectivity index (χ0) is 30.5. The van der Waals surface area contributed by atoms with Crippen LogP contribution in [0.3, 0.4) is 0 Å². The van der Waals surface area contributed by atoms with E-state index in [9.17, 15) is 14.4 Å². The van der Waals surface area contributed by atoms with Crippen molar-refractivity contribution in [2.45, 2.75) is 42.7 Å². The number of benzene rings is 3. The number of ether oxygens (including phenoxy) is 1. The topological polar surface area (TPSA) is 99.8 Å². The van der Waals surface area contributed by atoms with Crippen LogP contribution < -0.4 is 20.7 Å². The molecule has 3 atom stereocenters. The van der Waals surface area contributed by atoms with Crippen molar-refractivity contribution in [3.8, 4) is 5.75 Å². The summed E-state index contributed by atoms with van der Waals surface area (Å²) in [5.74, 6) is -1.88. The fourth-order valence-corrected chi connectivity index (χ4v) is 7.40. The number of hydrogen-bond donors (Lipinski definition) is 3. The molecule has 0 unspecified atom stereocenters. The average Bonchev–Trinajstić information content (AvgIpc) is 3.27. The highest BCUT2D eigenvalue weighted by molar-refractivity contribution is 9.10. The Kier molecular flexibility index (Phi) is 8.04. The van der Waals surface area contributed by atoms with Crippen LogP contribution in [0.4, 0.5) is 14.9 Å². The van der Waals surface area contributed by atoms with E-state index < -0.39 is 29.1 Å². The van der Waals surface area contributed by atoms with Crippen LogP contribution in [0.1, 0.15) is 47.9 Å². The molecule has 0 bridgehead atoms. The maximum absolute atomic E-state index is 16.4. The van der Waals surface area contributed by atoms with Gasteiger partial charge >= 0.3 is 6.03 Å². The number of likely N-dealkylation sites (tertiary alicyclic amines) is 1. The highest BCUT2D eigenvalue weighted by Crippen LogP contribution is 2.59. The van der Waals surface area contributed by atoms with Crippen molar-refractivity contribution in [1.82, 2.24) is 15.5 Å². The number of rotatable bonds is 4. The van der Waals surface area contributed by atoms with Gasteiger partial charge in [-0.3, -0.25) is 9.59 Å². The number of anilines is 1. The molecule has 2 saturated heterocycles. The van der Waals surface area contributed by atoms with Gasteiger partial charge in [-0.25, -0.2) is 9.18 Å². The van der Waals surface area contributed by atoms with E-state index >= 15 is 4.39 Å². The summed E-state index contributed by atoms with van der Waals surface area (Å²) in [6.45, 7) is 0.937. The molecule has 224 valence electrons. The molecule has 0 aliphatic carbocycles. The number of piperidine rings is 2. The number of halogens is 4. The van der Waals surface area contributed by atoms with Crippen molar-refractivity contribution in [2.75, 3.05) is 25.5 Å². The molecule has 4 amide bonds. The Labute approximate surface area is 266 Å². The van der Waals surface area contributed by atoms with Crippen molar-refractivity contribution >= 4 is 62.7 Å². The van der Waals surface area contributed by atoms with Crippen molar-refractivity contribution in [3.05, 3.63) is 91.6 Å². The molecule has 3 heterocycles. The lowest BCUT2D eigenvalue weighted by Gasteiger charge is -2.47. The molecule has 3 aliphatic heterocycles. The molecule has 3 N–H and O–H groups in total. The van der Waals surface area contributed by atoms with E-state index in [1.807, 2.05) is 6.07 Å². The maximum atomic E-state index is 16.4. The third-order valence-electron chi connectivity index (χ3n) is 8.62. The van der Waals surface area contributed by atoms with Gasteiger partial charge in [-0.2, -0.15) is 0 Å². The van der Waals surface area contributed by atoms with Crippen LogP contribution >= 0.6 is 39.1 Å². The smallest absolute Gasteiger partial charge is 0.317 e. The number of carbonyl (C=O) groups is 3. The van der Waals surface area contributed by atoms with Crippen LogP contribution in [0.5, 0.6) is 5.75 Å². The van der Waals surface area contributed by atoms with Gasteiger partial charge in [0.2, 0.25) is 11.8 Å². The minimum Gasteiger partial charge on any atom is -0.490 e. The first-order chi connectivity index (χ1) is 20.6. The quantitative estimate of drug-likeness (QED) is 0.299. The fourth-order valence-electron chi connectivity index (χ4n) is 6.68. The Bertz CT molecular complexity index is 1630.